The maximum Gasteiger partial charge on any atom is 0.0347 e. The minimum Gasteiger partial charge on any atom is -0.264 e. The van der Waals surface area contributed by atoms with Crippen LogP contribution in [0.5, 0.6) is 0 Å². The summed E-state index contributed by atoms with van der Waals surface area (Å²) in [6, 6.07) is 46.2. The molecule has 0 amide bonds. The summed E-state index contributed by atoms with van der Waals surface area (Å²) in [6.45, 7) is 2.22. The molecule has 43 heavy (non-hydrogen) atoms. The van der Waals surface area contributed by atoms with Crippen molar-refractivity contribution in [3.63, 3.8) is 0 Å². The van der Waals surface area contributed by atoms with Crippen LogP contribution >= 0.6 is 0 Å². The van der Waals surface area contributed by atoms with Crippen molar-refractivity contribution < 1.29 is 0 Å². The molecule has 0 saturated carbocycles. The van der Waals surface area contributed by atoms with Crippen molar-refractivity contribution in [3.8, 4) is 44.5 Å². The van der Waals surface area contributed by atoms with Crippen LogP contribution in [0, 0.1) is 6.92 Å². The molecule has 2 heterocycles. The fourth-order valence-corrected chi connectivity index (χ4v) is 6.49. The monoisotopic (exact) mass is 548 g/mol. The van der Waals surface area contributed by atoms with Crippen molar-refractivity contribution >= 4 is 32.3 Å². The summed E-state index contributed by atoms with van der Waals surface area (Å²) < 4.78 is 0. The smallest absolute Gasteiger partial charge is 0.0347 e. The molecular formula is C41H28N2. The van der Waals surface area contributed by atoms with E-state index in [4.69, 9.17) is 0 Å². The van der Waals surface area contributed by atoms with Gasteiger partial charge < -0.3 is 0 Å². The third-order valence-electron chi connectivity index (χ3n) is 8.53. The van der Waals surface area contributed by atoms with Crippen molar-refractivity contribution in [2.45, 2.75) is 6.92 Å². The third kappa shape index (κ3) is 4.36. The van der Waals surface area contributed by atoms with Crippen LogP contribution in [-0.4, -0.2) is 9.97 Å². The van der Waals surface area contributed by atoms with Gasteiger partial charge in [0.1, 0.15) is 0 Å². The summed E-state index contributed by atoms with van der Waals surface area (Å²) >= 11 is 0. The Labute approximate surface area is 251 Å². The molecule has 0 radical (unpaired) electrons. The van der Waals surface area contributed by atoms with Gasteiger partial charge in [-0.05, 0) is 90.8 Å². The molecule has 2 nitrogen and oxygen atoms in total. The van der Waals surface area contributed by atoms with Gasteiger partial charge in [-0.3, -0.25) is 9.97 Å². The molecule has 0 bridgehead atoms. The fourth-order valence-electron chi connectivity index (χ4n) is 6.49. The standard InChI is InChI=1S/C41H28N2/c1-27-21-30(33-23-34(26-43-25-33)32-11-8-20-42-24-32)18-19-35(27)41-38-14-6-4-12-36(38)40(37-13-5-7-15-39(37)41)31-17-16-28-9-2-3-10-29(28)22-31/h2-26H,1H3. The Morgan fingerprint density at radius 2 is 1.00 bits per heavy atom. The van der Waals surface area contributed by atoms with Crippen LogP contribution in [0.15, 0.2) is 152 Å². The quantitative estimate of drug-likeness (QED) is 0.204. The van der Waals surface area contributed by atoms with Crippen molar-refractivity contribution in [2.24, 2.45) is 0 Å². The number of hydrogen-bond donors (Lipinski definition) is 0. The Morgan fingerprint density at radius 3 is 1.67 bits per heavy atom. The third-order valence-corrected chi connectivity index (χ3v) is 8.53. The Balaban J connectivity index is 1.32. The number of hydrogen-bond acceptors (Lipinski definition) is 2. The van der Waals surface area contributed by atoms with E-state index < -0.39 is 0 Å². The Hall–Kier alpha value is -5.60. The molecule has 2 aromatic heterocycles. The molecule has 2 heteroatoms. The predicted octanol–water partition coefficient (Wildman–Crippen LogP) is 10.9. The molecule has 0 unspecified atom stereocenters. The second kappa shape index (κ2) is 10.3. The van der Waals surface area contributed by atoms with Crippen LogP contribution in [0.2, 0.25) is 0 Å². The van der Waals surface area contributed by atoms with Gasteiger partial charge in [0.25, 0.3) is 0 Å². The van der Waals surface area contributed by atoms with Crippen LogP contribution in [0.25, 0.3) is 76.8 Å². The minimum absolute atomic E-state index is 1.06. The van der Waals surface area contributed by atoms with E-state index in [2.05, 4.69) is 138 Å². The average molecular weight is 549 g/mol. The second-order valence-corrected chi connectivity index (χ2v) is 11.1. The largest absolute Gasteiger partial charge is 0.264 e. The topological polar surface area (TPSA) is 25.8 Å². The maximum atomic E-state index is 4.56. The van der Waals surface area contributed by atoms with Gasteiger partial charge >= 0.3 is 0 Å². The normalized spacial score (nSPS) is 11.4. The summed E-state index contributed by atoms with van der Waals surface area (Å²) in [5.74, 6) is 0. The van der Waals surface area contributed by atoms with Crippen LogP contribution in [0.4, 0.5) is 0 Å². The van der Waals surface area contributed by atoms with Gasteiger partial charge in [-0.15, -0.1) is 0 Å². The van der Waals surface area contributed by atoms with Crippen molar-refractivity contribution in [2.75, 3.05) is 0 Å². The Bertz CT molecular complexity index is 2240. The molecular weight excluding hydrogens is 520 g/mol. The van der Waals surface area contributed by atoms with E-state index in [1.54, 1.807) is 6.20 Å². The van der Waals surface area contributed by atoms with Gasteiger partial charge in [0.15, 0.2) is 0 Å². The molecule has 8 aromatic rings. The molecule has 0 N–H and O–H groups in total. The molecule has 202 valence electrons. The molecule has 6 aromatic carbocycles. The number of nitrogens with zero attached hydrogens (tertiary/aromatic N) is 2. The van der Waals surface area contributed by atoms with Gasteiger partial charge in [-0.25, -0.2) is 0 Å². The van der Waals surface area contributed by atoms with Crippen molar-refractivity contribution in [1.82, 2.24) is 9.97 Å². The van der Waals surface area contributed by atoms with Gasteiger partial charge in [-0.1, -0.05) is 109 Å². The lowest BCUT2D eigenvalue weighted by atomic mass is 9.84. The number of rotatable bonds is 4. The second-order valence-electron chi connectivity index (χ2n) is 11.1. The number of aryl methyl sites for hydroxylation is 1. The first-order chi connectivity index (χ1) is 21.2. The van der Waals surface area contributed by atoms with E-state index in [1.165, 1.54) is 60.1 Å². The highest BCUT2D eigenvalue weighted by Crippen LogP contribution is 2.45. The number of benzene rings is 6. The zero-order valence-electron chi connectivity index (χ0n) is 23.8. The Kier molecular flexibility index (Phi) is 6.05. The first-order valence-electron chi connectivity index (χ1n) is 14.6. The highest BCUT2D eigenvalue weighted by molar-refractivity contribution is 6.22. The molecule has 0 fully saturated rings. The maximum absolute atomic E-state index is 4.56. The number of fused-ring (bicyclic) bond motifs is 3. The SMILES string of the molecule is Cc1cc(-c2cncc(-c3cccnc3)c2)ccc1-c1c2ccccc2c(-c2ccc3ccccc3c2)c2ccccc12. The van der Waals surface area contributed by atoms with E-state index in [-0.39, 0.29) is 0 Å². The van der Waals surface area contributed by atoms with E-state index in [0.29, 0.717) is 0 Å². The number of aromatic nitrogens is 2. The van der Waals surface area contributed by atoms with Gasteiger partial charge in [-0.2, -0.15) is 0 Å². The minimum atomic E-state index is 1.06. The lowest BCUT2D eigenvalue weighted by Crippen LogP contribution is -1.93. The highest BCUT2D eigenvalue weighted by Gasteiger charge is 2.18. The van der Waals surface area contributed by atoms with Crippen LogP contribution in [0.3, 0.4) is 0 Å². The van der Waals surface area contributed by atoms with Crippen LogP contribution < -0.4 is 0 Å². The van der Waals surface area contributed by atoms with E-state index >= 15 is 0 Å². The molecule has 0 aliphatic heterocycles. The van der Waals surface area contributed by atoms with E-state index in [1.807, 2.05) is 24.7 Å². The van der Waals surface area contributed by atoms with Crippen LogP contribution in [0.1, 0.15) is 5.56 Å². The Morgan fingerprint density at radius 1 is 0.395 bits per heavy atom. The summed E-state index contributed by atoms with van der Waals surface area (Å²) in [5, 5.41) is 7.58. The number of pyridine rings is 2. The molecule has 8 rings (SSSR count). The first kappa shape index (κ1) is 25.1. The molecule has 0 atom stereocenters. The van der Waals surface area contributed by atoms with E-state index in [0.717, 1.165) is 22.3 Å². The van der Waals surface area contributed by atoms with Crippen LogP contribution in [-0.2, 0) is 0 Å². The summed E-state index contributed by atoms with van der Waals surface area (Å²) in [6.07, 6.45) is 7.52. The first-order valence-corrected chi connectivity index (χ1v) is 14.6. The lowest BCUT2D eigenvalue weighted by Gasteiger charge is -2.19. The predicted molar refractivity (Wildman–Crippen MR) is 181 cm³/mol. The average Bonchev–Trinajstić information content (AvgIpc) is 3.07. The van der Waals surface area contributed by atoms with Gasteiger partial charge in [0.05, 0.1) is 0 Å². The summed E-state index contributed by atoms with van der Waals surface area (Å²) in [4.78, 5) is 8.84. The zero-order valence-corrected chi connectivity index (χ0v) is 23.8. The molecule has 0 saturated heterocycles. The fraction of sp³-hybridized carbons (Fsp3) is 0.0244. The molecule has 0 spiro atoms. The van der Waals surface area contributed by atoms with Gasteiger partial charge in [0.2, 0.25) is 0 Å². The van der Waals surface area contributed by atoms with E-state index in [9.17, 15) is 0 Å². The summed E-state index contributed by atoms with van der Waals surface area (Å²) in [7, 11) is 0. The molecule has 0 aliphatic carbocycles. The van der Waals surface area contributed by atoms with Gasteiger partial charge in [0, 0.05) is 41.5 Å². The van der Waals surface area contributed by atoms with Crippen molar-refractivity contribution in [3.05, 3.63) is 158 Å². The van der Waals surface area contributed by atoms with Crippen molar-refractivity contribution in [1.29, 1.82) is 0 Å². The lowest BCUT2D eigenvalue weighted by molar-refractivity contribution is 1.30. The summed E-state index contributed by atoms with van der Waals surface area (Å²) in [5.41, 5.74) is 10.7. The zero-order chi connectivity index (χ0) is 28.8. The molecule has 0 aliphatic rings. The highest BCUT2D eigenvalue weighted by atomic mass is 14.6.